The van der Waals surface area contributed by atoms with E-state index >= 15 is 0 Å². The molecule has 4 aromatic rings. The zero-order chi connectivity index (χ0) is 28.4. The van der Waals surface area contributed by atoms with E-state index in [1.54, 1.807) is 23.1 Å². The van der Waals surface area contributed by atoms with Gasteiger partial charge in [0, 0.05) is 26.1 Å². The number of halogens is 1. The highest BCUT2D eigenvalue weighted by Gasteiger charge is 2.30. The Morgan fingerprint density at radius 3 is 2.41 bits per heavy atom. The van der Waals surface area contributed by atoms with Crippen molar-refractivity contribution in [2.45, 2.75) is 56.3 Å². The number of likely N-dealkylation sites (tertiary alicyclic amines) is 1. The van der Waals surface area contributed by atoms with E-state index in [9.17, 15) is 13.2 Å². The van der Waals surface area contributed by atoms with Crippen LogP contribution in [0.15, 0.2) is 77.7 Å². The number of nitrogens with zero attached hydrogens (tertiary/aromatic N) is 4. The topological polar surface area (TPSA) is 87.5 Å². The first-order valence-corrected chi connectivity index (χ1v) is 16.0. The van der Waals surface area contributed by atoms with E-state index in [0.717, 1.165) is 47.5 Å². The van der Waals surface area contributed by atoms with Crippen molar-refractivity contribution in [1.29, 1.82) is 0 Å². The first-order valence-electron chi connectivity index (χ1n) is 14.2. The zero-order valence-electron chi connectivity index (χ0n) is 22.9. The van der Waals surface area contributed by atoms with Gasteiger partial charge in [-0.25, -0.2) is 18.1 Å². The maximum absolute atomic E-state index is 13.6. The lowest BCUT2D eigenvalue weighted by molar-refractivity contribution is -0.133. The summed E-state index contributed by atoms with van der Waals surface area (Å²) in [6, 6.07) is 21.2. The molecule has 2 aliphatic heterocycles. The molecule has 1 fully saturated rings. The van der Waals surface area contributed by atoms with E-state index in [1.165, 1.54) is 19.3 Å². The largest absolute Gasteiger partial charge is 0.333 e. The van der Waals surface area contributed by atoms with Crippen LogP contribution in [0.4, 0.5) is 0 Å². The number of aromatic nitrogens is 2. The van der Waals surface area contributed by atoms with E-state index in [1.807, 2.05) is 59.2 Å². The molecule has 1 N–H and O–H groups in total. The molecule has 214 valence electrons. The Labute approximate surface area is 246 Å². The summed E-state index contributed by atoms with van der Waals surface area (Å²) in [5.74, 6) is 0.637. The Bertz CT molecular complexity index is 1650. The monoisotopic (exact) mass is 591 g/mol. The molecule has 41 heavy (non-hydrogen) atoms. The van der Waals surface area contributed by atoms with Gasteiger partial charge in [-0.1, -0.05) is 78.7 Å². The van der Waals surface area contributed by atoms with Gasteiger partial charge < -0.3 is 9.47 Å². The number of imidazole rings is 1. The summed E-state index contributed by atoms with van der Waals surface area (Å²) >= 11 is 6.71. The van der Waals surface area contributed by atoms with Crippen LogP contribution in [0.5, 0.6) is 0 Å². The van der Waals surface area contributed by atoms with Crippen LogP contribution in [0.1, 0.15) is 48.8 Å². The minimum atomic E-state index is -3.90. The normalized spacial score (nSPS) is 17.0. The first-order chi connectivity index (χ1) is 19.9. The van der Waals surface area contributed by atoms with E-state index in [-0.39, 0.29) is 17.2 Å². The first kappa shape index (κ1) is 27.9. The van der Waals surface area contributed by atoms with Crippen molar-refractivity contribution in [3.8, 4) is 0 Å². The van der Waals surface area contributed by atoms with Crippen molar-refractivity contribution in [1.82, 2.24) is 24.1 Å². The third-order valence-electron chi connectivity index (χ3n) is 8.06. The Balaban J connectivity index is 1.19. The minimum Gasteiger partial charge on any atom is -0.333 e. The highest BCUT2D eigenvalue weighted by molar-refractivity contribution is 7.89. The molecular weight excluding hydrogens is 558 g/mol. The number of carbonyl (C=O) groups is 1. The fourth-order valence-electron chi connectivity index (χ4n) is 5.80. The van der Waals surface area contributed by atoms with Gasteiger partial charge in [-0.3, -0.25) is 9.69 Å². The van der Waals surface area contributed by atoms with Crippen LogP contribution in [0.2, 0.25) is 5.15 Å². The number of amides is 1. The van der Waals surface area contributed by atoms with Gasteiger partial charge in [-0.2, -0.15) is 0 Å². The van der Waals surface area contributed by atoms with E-state index < -0.39 is 16.1 Å². The van der Waals surface area contributed by atoms with Crippen LogP contribution in [-0.2, 0) is 34.5 Å². The number of piperidine rings is 1. The number of fused-ring (bicyclic) bond motifs is 2. The molecule has 3 heterocycles. The predicted molar refractivity (Wildman–Crippen MR) is 160 cm³/mol. The van der Waals surface area contributed by atoms with E-state index in [0.29, 0.717) is 24.8 Å². The smallest absolute Gasteiger partial charge is 0.241 e. The number of sulfonamides is 1. The molecule has 1 amide bonds. The molecule has 2 aliphatic rings. The molecule has 0 saturated carbocycles. The Morgan fingerprint density at radius 1 is 0.902 bits per heavy atom. The van der Waals surface area contributed by atoms with Gasteiger partial charge in [0.2, 0.25) is 15.9 Å². The summed E-state index contributed by atoms with van der Waals surface area (Å²) in [6.45, 7) is 4.23. The third kappa shape index (κ3) is 6.18. The molecule has 0 bridgehead atoms. The van der Waals surface area contributed by atoms with Crippen LogP contribution >= 0.6 is 11.6 Å². The number of hydrogen-bond acceptors (Lipinski definition) is 5. The van der Waals surface area contributed by atoms with Crippen molar-refractivity contribution >= 4 is 38.3 Å². The fraction of sp³-hybridized carbons (Fsp3) is 0.355. The Kier molecular flexibility index (Phi) is 8.12. The van der Waals surface area contributed by atoms with Gasteiger partial charge in [-0.05, 0) is 54.4 Å². The Hall–Kier alpha value is -3.24. The molecule has 1 aromatic heterocycles. The standard InChI is InChI=1S/C31H34ClN5O3S/c32-31-28(21-35-15-7-2-8-16-35)33-29-22-36(17-18-37(29)31)30(38)20-27(24-10-3-1-4-11-24)34-41(39,40)26-14-13-23-9-5-6-12-25(23)19-26/h1,3-6,9-14,19,27,34H,2,7-8,15-18,20-22H2/t27-/m1/s1. The fourth-order valence-corrected chi connectivity index (χ4v) is 7.34. The molecular formula is C31H34ClN5O3S. The molecule has 10 heteroatoms. The average Bonchev–Trinajstić information content (AvgIpc) is 3.31. The van der Waals surface area contributed by atoms with Crippen LogP contribution in [0.25, 0.3) is 10.8 Å². The number of hydrogen-bond donors (Lipinski definition) is 1. The lowest BCUT2D eigenvalue weighted by Crippen LogP contribution is -2.40. The quantitative estimate of drug-likeness (QED) is 0.307. The number of nitrogens with one attached hydrogen (secondary N) is 1. The van der Waals surface area contributed by atoms with Gasteiger partial charge in [0.05, 0.1) is 23.2 Å². The molecule has 0 aliphatic carbocycles. The van der Waals surface area contributed by atoms with Crippen molar-refractivity contribution in [2.75, 3.05) is 19.6 Å². The van der Waals surface area contributed by atoms with Crippen LogP contribution in [0.3, 0.4) is 0 Å². The third-order valence-corrected chi connectivity index (χ3v) is 9.95. The maximum atomic E-state index is 13.6. The second kappa shape index (κ2) is 11.9. The highest BCUT2D eigenvalue weighted by atomic mass is 35.5. The summed E-state index contributed by atoms with van der Waals surface area (Å²) < 4.78 is 31.9. The molecule has 0 spiro atoms. The van der Waals surface area contributed by atoms with Crippen molar-refractivity contribution in [2.24, 2.45) is 0 Å². The second-order valence-electron chi connectivity index (χ2n) is 10.9. The average molecular weight is 592 g/mol. The summed E-state index contributed by atoms with van der Waals surface area (Å²) in [7, 11) is -3.90. The molecule has 1 saturated heterocycles. The SMILES string of the molecule is O=C(C[C@@H](NS(=O)(=O)c1ccc2ccccc2c1)c1ccccc1)N1CCn2c(nc(CN3CCCCC3)c2Cl)C1. The van der Waals surface area contributed by atoms with Crippen molar-refractivity contribution in [3.05, 3.63) is 95.0 Å². The lowest BCUT2D eigenvalue weighted by Gasteiger charge is -2.29. The van der Waals surface area contributed by atoms with Gasteiger partial charge in [0.25, 0.3) is 0 Å². The molecule has 3 aromatic carbocycles. The van der Waals surface area contributed by atoms with Crippen molar-refractivity contribution in [3.63, 3.8) is 0 Å². The van der Waals surface area contributed by atoms with Gasteiger partial charge in [-0.15, -0.1) is 0 Å². The highest BCUT2D eigenvalue weighted by Crippen LogP contribution is 2.28. The van der Waals surface area contributed by atoms with Gasteiger partial charge in [0.1, 0.15) is 11.0 Å². The van der Waals surface area contributed by atoms with Gasteiger partial charge in [0.15, 0.2) is 0 Å². The Morgan fingerprint density at radius 2 is 1.63 bits per heavy atom. The number of benzene rings is 3. The second-order valence-corrected chi connectivity index (χ2v) is 12.9. The molecule has 0 unspecified atom stereocenters. The van der Waals surface area contributed by atoms with Crippen LogP contribution in [-0.4, -0.2) is 53.3 Å². The predicted octanol–water partition coefficient (Wildman–Crippen LogP) is 5.13. The van der Waals surface area contributed by atoms with Crippen LogP contribution < -0.4 is 4.72 Å². The van der Waals surface area contributed by atoms with Crippen LogP contribution in [0, 0.1) is 0 Å². The molecule has 8 nitrogen and oxygen atoms in total. The zero-order valence-corrected chi connectivity index (χ0v) is 24.4. The maximum Gasteiger partial charge on any atom is 0.241 e. The molecule has 1 atom stereocenters. The summed E-state index contributed by atoms with van der Waals surface area (Å²) in [5.41, 5.74) is 1.60. The molecule has 0 radical (unpaired) electrons. The van der Waals surface area contributed by atoms with E-state index in [2.05, 4.69) is 9.62 Å². The van der Waals surface area contributed by atoms with Gasteiger partial charge >= 0.3 is 0 Å². The van der Waals surface area contributed by atoms with E-state index in [4.69, 9.17) is 16.6 Å². The van der Waals surface area contributed by atoms with Crippen molar-refractivity contribution < 1.29 is 13.2 Å². The molecule has 6 rings (SSSR count). The summed E-state index contributed by atoms with van der Waals surface area (Å²) in [6.07, 6.45) is 3.65. The minimum absolute atomic E-state index is 0.00804. The summed E-state index contributed by atoms with van der Waals surface area (Å²) in [5, 5.41) is 2.46. The lowest BCUT2D eigenvalue weighted by atomic mass is 10.0. The summed E-state index contributed by atoms with van der Waals surface area (Å²) in [4.78, 5) is 22.7. The number of rotatable bonds is 8. The number of carbonyl (C=O) groups excluding carboxylic acids is 1.